The van der Waals surface area contributed by atoms with Gasteiger partial charge in [0.15, 0.2) is 13.6 Å². The van der Waals surface area contributed by atoms with E-state index >= 15 is 0 Å². The third kappa shape index (κ3) is 3.75. The fourth-order valence-electron chi connectivity index (χ4n) is 4.95. The van der Waals surface area contributed by atoms with Crippen LogP contribution < -0.4 is 9.47 Å². The Labute approximate surface area is 200 Å². The molecule has 0 radical (unpaired) electrons. The average Bonchev–Trinajstić information content (AvgIpc) is 3.20. The van der Waals surface area contributed by atoms with Crippen molar-refractivity contribution in [1.29, 1.82) is 0 Å². The van der Waals surface area contributed by atoms with E-state index in [1.807, 2.05) is 31.2 Å². The van der Waals surface area contributed by atoms with Gasteiger partial charge in [0.25, 0.3) is 0 Å². The van der Waals surface area contributed by atoms with Crippen LogP contribution in [0, 0.1) is 0 Å². The van der Waals surface area contributed by atoms with Crippen LogP contribution in [0.15, 0.2) is 97.1 Å². The molecular weight excluding hydrogens is 424 g/mol. The number of hydrogen-bond donors (Lipinski definition) is 0. The molecule has 0 unspecified atom stereocenters. The van der Waals surface area contributed by atoms with Gasteiger partial charge >= 0.3 is 0 Å². The van der Waals surface area contributed by atoms with Crippen molar-refractivity contribution in [3.05, 3.63) is 119 Å². The first kappa shape index (κ1) is 22.2. The molecular formula is C30H28O4. The van der Waals surface area contributed by atoms with Gasteiger partial charge in [-0.1, -0.05) is 72.8 Å². The molecule has 0 heterocycles. The highest BCUT2D eigenvalue weighted by atomic mass is 16.7. The van der Waals surface area contributed by atoms with Crippen molar-refractivity contribution in [3.63, 3.8) is 0 Å². The Morgan fingerprint density at radius 2 is 1.12 bits per heavy atom. The lowest BCUT2D eigenvalue weighted by Gasteiger charge is -2.34. The molecule has 4 aromatic carbocycles. The molecule has 0 atom stereocenters. The Morgan fingerprint density at radius 1 is 0.588 bits per heavy atom. The lowest BCUT2D eigenvalue weighted by atomic mass is 9.68. The van der Waals surface area contributed by atoms with E-state index in [4.69, 9.17) is 18.9 Å². The van der Waals surface area contributed by atoms with Crippen LogP contribution in [0.5, 0.6) is 11.5 Å². The van der Waals surface area contributed by atoms with Gasteiger partial charge in [0.2, 0.25) is 0 Å². The predicted molar refractivity (Wildman–Crippen MR) is 133 cm³/mol. The normalized spacial score (nSPS) is 13.2. The second-order valence-corrected chi connectivity index (χ2v) is 8.17. The van der Waals surface area contributed by atoms with E-state index < -0.39 is 5.41 Å². The first-order valence-corrected chi connectivity index (χ1v) is 11.5. The van der Waals surface area contributed by atoms with Gasteiger partial charge in [0, 0.05) is 6.61 Å². The van der Waals surface area contributed by atoms with Crippen LogP contribution in [0.1, 0.15) is 29.2 Å². The minimum atomic E-state index is -0.441. The maximum absolute atomic E-state index is 5.76. The molecule has 34 heavy (non-hydrogen) atoms. The van der Waals surface area contributed by atoms with E-state index in [1.165, 1.54) is 33.4 Å². The van der Waals surface area contributed by atoms with E-state index in [1.54, 1.807) is 7.11 Å². The molecule has 0 saturated carbocycles. The van der Waals surface area contributed by atoms with Crippen LogP contribution in [0.25, 0.3) is 11.1 Å². The minimum absolute atomic E-state index is 0.147. The summed E-state index contributed by atoms with van der Waals surface area (Å²) in [7, 11) is 1.70. The molecule has 4 nitrogen and oxygen atoms in total. The van der Waals surface area contributed by atoms with Crippen molar-refractivity contribution in [1.82, 2.24) is 0 Å². The summed E-state index contributed by atoms with van der Waals surface area (Å²) < 4.78 is 21.8. The maximum Gasteiger partial charge on any atom is 0.191 e. The second kappa shape index (κ2) is 9.72. The molecule has 0 aliphatic heterocycles. The van der Waals surface area contributed by atoms with Crippen LogP contribution in [-0.2, 0) is 14.9 Å². The second-order valence-electron chi connectivity index (χ2n) is 8.17. The summed E-state index contributed by atoms with van der Waals surface area (Å²) in [5.74, 6) is 1.60. The first-order chi connectivity index (χ1) is 16.8. The molecule has 0 fully saturated rings. The van der Waals surface area contributed by atoms with Gasteiger partial charge in [-0.05, 0) is 64.6 Å². The molecule has 1 aliphatic rings. The van der Waals surface area contributed by atoms with Crippen LogP contribution >= 0.6 is 0 Å². The quantitative estimate of drug-likeness (QED) is 0.191. The lowest BCUT2D eigenvalue weighted by molar-refractivity contribution is -0.0960. The lowest BCUT2D eigenvalue weighted by Crippen LogP contribution is -2.28. The zero-order chi connectivity index (χ0) is 23.4. The van der Waals surface area contributed by atoms with E-state index in [0.717, 1.165) is 11.5 Å². The Bertz CT molecular complexity index is 1200. The third-order valence-electron chi connectivity index (χ3n) is 6.44. The summed E-state index contributed by atoms with van der Waals surface area (Å²) >= 11 is 0. The Morgan fingerprint density at radius 3 is 1.65 bits per heavy atom. The Balaban J connectivity index is 1.61. The van der Waals surface area contributed by atoms with Crippen molar-refractivity contribution in [2.24, 2.45) is 0 Å². The van der Waals surface area contributed by atoms with Gasteiger partial charge < -0.3 is 18.9 Å². The molecule has 1 aliphatic carbocycles. The summed E-state index contributed by atoms with van der Waals surface area (Å²) in [6.45, 7) is 2.92. The first-order valence-electron chi connectivity index (χ1n) is 11.5. The molecule has 5 rings (SSSR count). The van der Waals surface area contributed by atoms with E-state index in [0.29, 0.717) is 6.61 Å². The SMILES string of the molecule is CCOCOCOc1ccc(C2(c3ccc(OC)cc3)c3ccccc3-c3ccccc32)cc1. The number of ether oxygens (including phenoxy) is 4. The highest BCUT2D eigenvalue weighted by Gasteiger charge is 2.45. The molecule has 0 N–H and O–H groups in total. The predicted octanol–water partition coefficient (Wildman–Crippen LogP) is 6.41. The van der Waals surface area contributed by atoms with Gasteiger partial charge in [-0.25, -0.2) is 0 Å². The summed E-state index contributed by atoms with van der Waals surface area (Å²) in [6, 6.07) is 34.1. The Kier molecular flexibility index (Phi) is 6.35. The summed E-state index contributed by atoms with van der Waals surface area (Å²) in [5, 5.41) is 0. The largest absolute Gasteiger partial charge is 0.497 e. The zero-order valence-corrected chi connectivity index (χ0v) is 19.5. The van der Waals surface area contributed by atoms with Gasteiger partial charge in [0.05, 0.1) is 12.5 Å². The maximum atomic E-state index is 5.76. The van der Waals surface area contributed by atoms with Gasteiger partial charge in [-0.2, -0.15) is 0 Å². The molecule has 0 bridgehead atoms. The summed E-state index contributed by atoms with van der Waals surface area (Å²) in [6.07, 6.45) is 0. The standard InChI is InChI=1S/C30H28O4/c1-3-32-20-33-21-34-25-18-14-23(15-19-25)30(22-12-16-24(31-2)17-13-22)28-10-6-4-8-26(28)27-9-5-7-11-29(27)30/h4-19H,3,20-21H2,1-2H3. The van der Waals surface area contributed by atoms with Crippen LogP contribution in [0.3, 0.4) is 0 Å². The smallest absolute Gasteiger partial charge is 0.191 e. The summed E-state index contributed by atoms with van der Waals surface area (Å²) in [5.41, 5.74) is 7.00. The fourth-order valence-corrected chi connectivity index (χ4v) is 4.95. The molecule has 172 valence electrons. The highest BCUT2D eigenvalue weighted by Crippen LogP contribution is 2.56. The molecule has 0 spiro atoms. The van der Waals surface area contributed by atoms with Crippen molar-refractivity contribution in [2.75, 3.05) is 27.3 Å². The molecule has 0 saturated heterocycles. The van der Waals surface area contributed by atoms with Crippen LogP contribution in [-0.4, -0.2) is 27.3 Å². The van der Waals surface area contributed by atoms with Gasteiger partial charge in [0.1, 0.15) is 11.5 Å². The van der Waals surface area contributed by atoms with Crippen LogP contribution in [0.2, 0.25) is 0 Å². The fraction of sp³-hybridized carbons (Fsp3) is 0.200. The third-order valence-corrected chi connectivity index (χ3v) is 6.44. The van der Waals surface area contributed by atoms with Crippen LogP contribution in [0.4, 0.5) is 0 Å². The van der Waals surface area contributed by atoms with E-state index in [-0.39, 0.29) is 13.6 Å². The molecule has 0 amide bonds. The number of rotatable bonds is 9. The average molecular weight is 453 g/mol. The molecule has 4 heteroatoms. The van der Waals surface area contributed by atoms with Crippen molar-refractivity contribution < 1.29 is 18.9 Å². The topological polar surface area (TPSA) is 36.9 Å². The highest BCUT2D eigenvalue weighted by molar-refractivity contribution is 5.86. The van der Waals surface area contributed by atoms with E-state index in [9.17, 15) is 0 Å². The zero-order valence-electron chi connectivity index (χ0n) is 19.5. The number of fused-ring (bicyclic) bond motifs is 3. The van der Waals surface area contributed by atoms with Gasteiger partial charge in [-0.15, -0.1) is 0 Å². The summed E-state index contributed by atoms with van der Waals surface area (Å²) in [4.78, 5) is 0. The van der Waals surface area contributed by atoms with Crippen molar-refractivity contribution >= 4 is 0 Å². The molecule has 0 aromatic heterocycles. The minimum Gasteiger partial charge on any atom is -0.497 e. The number of hydrogen-bond acceptors (Lipinski definition) is 4. The Hall–Kier alpha value is -3.60. The van der Waals surface area contributed by atoms with Crippen molar-refractivity contribution in [2.45, 2.75) is 12.3 Å². The molecule has 4 aromatic rings. The monoisotopic (exact) mass is 452 g/mol. The van der Waals surface area contributed by atoms with E-state index in [2.05, 4.69) is 72.8 Å². The number of methoxy groups -OCH3 is 1. The number of benzene rings is 4. The van der Waals surface area contributed by atoms with Crippen molar-refractivity contribution in [3.8, 4) is 22.6 Å². The van der Waals surface area contributed by atoms with Gasteiger partial charge in [-0.3, -0.25) is 0 Å².